The molecule has 124 valence electrons. The van der Waals surface area contributed by atoms with Gasteiger partial charge in [0.15, 0.2) is 0 Å². The quantitative estimate of drug-likeness (QED) is 0.809. The first-order valence-electron chi connectivity index (χ1n) is 8.38. The first-order valence-corrected chi connectivity index (χ1v) is 8.38. The third kappa shape index (κ3) is 3.33. The van der Waals surface area contributed by atoms with Crippen LogP contribution in [0.2, 0.25) is 0 Å². The van der Waals surface area contributed by atoms with Crippen molar-refractivity contribution in [1.82, 2.24) is 10.2 Å². The Morgan fingerprint density at radius 1 is 1.27 bits per heavy atom. The highest BCUT2D eigenvalue weighted by atomic mass is 16.2. The molecule has 1 saturated carbocycles. The van der Waals surface area contributed by atoms with Crippen LogP contribution in [0.15, 0.2) is 0 Å². The second kappa shape index (κ2) is 6.39. The Morgan fingerprint density at radius 3 is 2.36 bits per heavy atom. The fraction of sp³-hybridized carbons (Fsp3) is 0.824. The van der Waals surface area contributed by atoms with E-state index in [0.717, 1.165) is 36.5 Å². The minimum Gasteiger partial charge on any atom is -0.352 e. The molecule has 0 aromatic carbocycles. The summed E-state index contributed by atoms with van der Waals surface area (Å²) in [7, 11) is 0. The minimum absolute atomic E-state index is 0.0804. The molecule has 0 spiro atoms. The van der Waals surface area contributed by atoms with E-state index in [-0.39, 0.29) is 42.6 Å². The summed E-state index contributed by atoms with van der Waals surface area (Å²) in [6, 6.07) is 0.188. The molecule has 22 heavy (non-hydrogen) atoms. The van der Waals surface area contributed by atoms with Gasteiger partial charge < -0.3 is 5.32 Å². The van der Waals surface area contributed by atoms with Crippen molar-refractivity contribution in [3.8, 4) is 0 Å². The van der Waals surface area contributed by atoms with Gasteiger partial charge in [-0.25, -0.2) is 0 Å². The van der Waals surface area contributed by atoms with Gasteiger partial charge >= 0.3 is 0 Å². The number of likely N-dealkylation sites (tertiary alicyclic amines) is 1. The maximum absolute atomic E-state index is 12.5. The highest BCUT2D eigenvalue weighted by Crippen LogP contribution is 2.39. The predicted molar refractivity (Wildman–Crippen MR) is 83.8 cm³/mol. The third-order valence-corrected chi connectivity index (χ3v) is 5.51. The van der Waals surface area contributed by atoms with Crippen LogP contribution < -0.4 is 5.32 Å². The molecule has 5 nitrogen and oxygen atoms in total. The number of imide groups is 1. The van der Waals surface area contributed by atoms with Crippen molar-refractivity contribution in [2.45, 2.75) is 65.8 Å². The molecule has 1 saturated heterocycles. The van der Waals surface area contributed by atoms with Crippen LogP contribution >= 0.6 is 0 Å². The second-order valence-electron chi connectivity index (χ2n) is 7.56. The van der Waals surface area contributed by atoms with E-state index in [1.807, 2.05) is 20.8 Å². The van der Waals surface area contributed by atoms with Gasteiger partial charge in [0.05, 0.1) is 5.41 Å². The van der Waals surface area contributed by atoms with Gasteiger partial charge in [-0.2, -0.15) is 0 Å². The molecule has 1 N–H and O–H groups in total. The van der Waals surface area contributed by atoms with Crippen LogP contribution in [-0.4, -0.2) is 35.2 Å². The summed E-state index contributed by atoms with van der Waals surface area (Å²) in [6.07, 6.45) is 4.42. The predicted octanol–water partition coefficient (Wildman–Crippen LogP) is 2.10. The summed E-state index contributed by atoms with van der Waals surface area (Å²) in [4.78, 5) is 37.9. The Bertz CT molecular complexity index is 467. The van der Waals surface area contributed by atoms with E-state index >= 15 is 0 Å². The second-order valence-corrected chi connectivity index (χ2v) is 7.56. The Labute approximate surface area is 132 Å². The van der Waals surface area contributed by atoms with Crippen molar-refractivity contribution in [1.29, 1.82) is 0 Å². The molecule has 0 radical (unpaired) electrons. The van der Waals surface area contributed by atoms with Gasteiger partial charge in [-0.3, -0.25) is 19.3 Å². The van der Waals surface area contributed by atoms with Crippen LogP contribution in [0.25, 0.3) is 0 Å². The maximum atomic E-state index is 12.5. The van der Waals surface area contributed by atoms with Crippen molar-refractivity contribution >= 4 is 17.7 Å². The van der Waals surface area contributed by atoms with Gasteiger partial charge in [0.25, 0.3) is 0 Å². The zero-order valence-corrected chi connectivity index (χ0v) is 14.1. The molecule has 1 aliphatic carbocycles. The third-order valence-electron chi connectivity index (χ3n) is 5.51. The Morgan fingerprint density at radius 2 is 1.86 bits per heavy atom. The van der Waals surface area contributed by atoms with Gasteiger partial charge in [-0.15, -0.1) is 0 Å². The molecule has 1 atom stereocenters. The van der Waals surface area contributed by atoms with Crippen LogP contribution in [0.1, 0.15) is 59.8 Å². The average Bonchev–Trinajstić information content (AvgIpc) is 2.66. The van der Waals surface area contributed by atoms with Crippen molar-refractivity contribution in [2.75, 3.05) is 6.54 Å². The summed E-state index contributed by atoms with van der Waals surface area (Å²) in [5.41, 5.74) is -0.669. The highest BCUT2D eigenvalue weighted by Gasteiger charge is 2.50. The molecule has 0 bridgehead atoms. The summed E-state index contributed by atoms with van der Waals surface area (Å²) in [5, 5.41) is 2.98. The lowest BCUT2D eigenvalue weighted by Gasteiger charge is -2.28. The first-order chi connectivity index (χ1) is 10.2. The number of hydrogen-bond donors (Lipinski definition) is 1. The van der Waals surface area contributed by atoms with Crippen molar-refractivity contribution in [3.63, 3.8) is 0 Å². The van der Waals surface area contributed by atoms with Crippen LogP contribution in [0.3, 0.4) is 0 Å². The van der Waals surface area contributed by atoms with Gasteiger partial charge in [0.2, 0.25) is 17.7 Å². The van der Waals surface area contributed by atoms with E-state index in [1.165, 1.54) is 0 Å². The lowest BCUT2D eigenvalue weighted by molar-refractivity contribution is -0.145. The average molecular weight is 308 g/mol. The normalized spacial score (nSPS) is 32.7. The number of rotatable bonds is 4. The Balaban J connectivity index is 1.91. The summed E-state index contributed by atoms with van der Waals surface area (Å²) >= 11 is 0. The fourth-order valence-corrected chi connectivity index (χ4v) is 3.34. The summed E-state index contributed by atoms with van der Waals surface area (Å²) < 4.78 is 0. The molecular formula is C17H28N2O3. The standard InChI is InChI=1S/C17H28N2O3/c1-11(2)17(4)9-15(21)19(16(17)22)10-14(20)18-13-7-5-12(3)6-8-13/h11-13H,5-10H2,1-4H3,(H,18,20)/t12?,13?,17-/m0/s1. The zero-order chi connectivity index (χ0) is 16.5. The topological polar surface area (TPSA) is 66.5 Å². The monoisotopic (exact) mass is 308 g/mol. The van der Waals surface area contributed by atoms with E-state index in [2.05, 4.69) is 12.2 Å². The van der Waals surface area contributed by atoms with E-state index in [0.29, 0.717) is 0 Å². The lowest BCUT2D eigenvalue weighted by Crippen LogP contribution is -2.46. The number of nitrogens with one attached hydrogen (secondary N) is 1. The molecule has 0 aromatic rings. The van der Waals surface area contributed by atoms with E-state index in [9.17, 15) is 14.4 Å². The lowest BCUT2D eigenvalue weighted by atomic mass is 9.78. The van der Waals surface area contributed by atoms with Crippen molar-refractivity contribution in [2.24, 2.45) is 17.3 Å². The molecule has 2 rings (SSSR count). The van der Waals surface area contributed by atoms with Crippen LogP contribution in [0, 0.1) is 17.3 Å². The van der Waals surface area contributed by atoms with E-state index < -0.39 is 5.41 Å². The highest BCUT2D eigenvalue weighted by molar-refractivity contribution is 6.07. The molecule has 2 aliphatic rings. The number of carbonyl (C=O) groups is 3. The minimum atomic E-state index is -0.669. The largest absolute Gasteiger partial charge is 0.352 e. The zero-order valence-electron chi connectivity index (χ0n) is 14.1. The summed E-state index contributed by atoms with van der Waals surface area (Å²) in [6.45, 7) is 7.80. The number of hydrogen-bond acceptors (Lipinski definition) is 3. The molecule has 3 amide bonds. The van der Waals surface area contributed by atoms with Crippen molar-refractivity contribution in [3.05, 3.63) is 0 Å². The number of nitrogens with zero attached hydrogens (tertiary/aromatic N) is 1. The van der Waals surface area contributed by atoms with Gasteiger partial charge in [-0.05, 0) is 44.4 Å². The first kappa shape index (κ1) is 17.0. The van der Waals surface area contributed by atoms with E-state index in [4.69, 9.17) is 0 Å². The van der Waals surface area contributed by atoms with Gasteiger partial charge in [0, 0.05) is 12.5 Å². The number of amides is 3. The van der Waals surface area contributed by atoms with Crippen molar-refractivity contribution < 1.29 is 14.4 Å². The van der Waals surface area contributed by atoms with Crippen LogP contribution in [0.5, 0.6) is 0 Å². The molecule has 1 aliphatic heterocycles. The Hall–Kier alpha value is -1.39. The van der Waals surface area contributed by atoms with Crippen LogP contribution in [0.4, 0.5) is 0 Å². The molecule has 5 heteroatoms. The SMILES string of the molecule is CC1CCC(NC(=O)CN2C(=O)C[C@@](C)(C(C)C)C2=O)CC1. The molecule has 1 heterocycles. The molecular weight excluding hydrogens is 280 g/mol. The van der Waals surface area contributed by atoms with Crippen LogP contribution in [-0.2, 0) is 14.4 Å². The molecule has 0 unspecified atom stereocenters. The van der Waals surface area contributed by atoms with Gasteiger partial charge in [0.1, 0.15) is 6.54 Å². The number of carbonyl (C=O) groups excluding carboxylic acids is 3. The fourth-order valence-electron chi connectivity index (χ4n) is 3.34. The van der Waals surface area contributed by atoms with E-state index in [1.54, 1.807) is 0 Å². The molecule has 2 fully saturated rings. The maximum Gasteiger partial charge on any atom is 0.240 e. The smallest absolute Gasteiger partial charge is 0.240 e. The van der Waals surface area contributed by atoms with Gasteiger partial charge in [-0.1, -0.05) is 20.8 Å². The Kier molecular flexibility index (Phi) is 4.93. The molecule has 0 aromatic heterocycles. The summed E-state index contributed by atoms with van der Waals surface area (Å²) in [5.74, 6) is 0.154.